The molecule has 0 bridgehead atoms. The molecule has 0 radical (unpaired) electrons. The highest BCUT2D eigenvalue weighted by Crippen LogP contribution is 2.11. The Bertz CT molecular complexity index is 396. The summed E-state index contributed by atoms with van der Waals surface area (Å²) in [7, 11) is 1.40. The molecule has 1 amide bonds. The van der Waals surface area contributed by atoms with Crippen molar-refractivity contribution in [1.29, 1.82) is 0 Å². The highest BCUT2D eigenvalue weighted by molar-refractivity contribution is 5.94. The van der Waals surface area contributed by atoms with Gasteiger partial charge in [-0.25, -0.2) is 9.37 Å². The van der Waals surface area contributed by atoms with Crippen LogP contribution >= 0.6 is 0 Å². The van der Waals surface area contributed by atoms with Gasteiger partial charge in [0.15, 0.2) is 5.82 Å². The minimum absolute atomic E-state index is 0.0439. The van der Waals surface area contributed by atoms with Crippen molar-refractivity contribution in [3.8, 4) is 0 Å². The van der Waals surface area contributed by atoms with Crippen molar-refractivity contribution in [3.05, 3.63) is 29.6 Å². The number of aliphatic hydroxyl groups excluding tert-OH is 1. The van der Waals surface area contributed by atoms with Gasteiger partial charge in [0.25, 0.3) is 5.91 Å². The summed E-state index contributed by atoms with van der Waals surface area (Å²) >= 11 is 0. The number of nitrogens with zero attached hydrogens (tertiary/aromatic N) is 2. The van der Waals surface area contributed by atoms with Crippen molar-refractivity contribution in [3.63, 3.8) is 0 Å². The van der Waals surface area contributed by atoms with Crippen molar-refractivity contribution in [2.24, 2.45) is 0 Å². The van der Waals surface area contributed by atoms with Gasteiger partial charge in [0.2, 0.25) is 5.95 Å². The van der Waals surface area contributed by atoms with Crippen LogP contribution in [0.5, 0.6) is 0 Å². The fourth-order valence-corrected chi connectivity index (χ4v) is 1.27. The molecule has 88 valence electrons. The summed E-state index contributed by atoms with van der Waals surface area (Å²) in [6, 6.07) is 1.10. The van der Waals surface area contributed by atoms with Crippen molar-refractivity contribution >= 4 is 5.91 Å². The van der Waals surface area contributed by atoms with Crippen molar-refractivity contribution < 1.29 is 18.7 Å². The second kappa shape index (κ2) is 4.98. The number of carbonyl (C=O) groups excluding carboxylic acids is 1. The molecule has 0 saturated carbocycles. The number of carbonyl (C=O) groups is 1. The van der Waals surface area contributed by atoms with E-state index in [0.717, 1.165) is 17.2 Å². The summed E-state index contributed by atoms with van der Waals surface area (Å²) in [5.74, 6) is -3.28. The molecule has 16 heavy (non-hydrogen) atoms. The van der Waals surface area contributed by atoms with Crippen LogP contribution in [0.1, 0.15) is 17.3 Å². The average Bonchev–Trinajstić information content (AvgIpc) is 2.20. The van der Waals surface area contributed by atoms with Gasteiger partial charge in [0.1, 0.15) is 0 Å². The van der Waals surface area contributed by atoms with Gasteiger partial charge in [-0.1, -0.05) is 0 Å². The molecule has 4 nitrogen and oxygen atoms in total. The number of likely N-dealkylation sites (N-methyl/N-ethyl adjacent to an activating group) is 1. The van der Waals surface area contributed by atoms with Crippen molar-refractivity contribution in [2.75, 3.05) is 13.6 Å². The first-order valence-corrected chi connectivity index (χ1v) is 4.67. The lowest BCUT2D eigenvalue weighted by atomic mass is 10.2. The molecule has 1 N–H and O–H groups in total. The molecule has 0 saturated heterocycles. The van der Waals surface area contributed by atoms with Crippen molar-refractivity contribution in [1.82, 2.24) is 9.88 Å². The molecule has 0 spiro atoms. The topological polar surface area (TPSA) is 53.4 Å². The highest BCUT2D eigenvalue weighted by Gasteiger charge is 2.19. The van der Waals surface area contributed by atoms with Gasteiger partial charge in [-0.15, -0.1) is 0 Å². The molecule has 0 aliphatic carbocycles. The molecule has 0 aromatic carbocycles. The van der Waals surface area contributed by atoms with Gasteiger partial charge in [0, 0.05) is 19.8 Å². The van der Waals surface area contributed by atoms with Gasteiger partial charge in [-0.05, 0) is 13.0 Å². The SMILES string of the molecule is CC(O)CN(C)C(=O)c1ccnc(F)c1F. The van der Waals surface area contributed by atoms with Crippen LogP contribution in [-0.4, -0.2) is 40.6 Å². The molecule has 1 unspecified atom stereocenters. The molecule has 1 heterocycles. The average molecular weight is 230 g/mol. The molecule has 1 rings (SSSR count). The number of aliphatic hydroxyl groups is 1. The third-order valence-electron chi connectivity index (χ3n) is 1.96. The molecule has 1 atom stereocenters. The summed E-state index contributed by atoms with van der Waals surface area (Å²) < 4.78 is 26.0. The van der Waals surface area contributed by atoms with E-state index in [-0.39, 0.29) is 6.54 Å². The van der Waals surface area contributed by atoms with E-state index >= 15 is 0 Å². The fourth-order valence-electron chi connectivity index (χ4n) is 1.27. The number of halogens is 2. The van der Waals surface area contributed by atoms with Gasteiger partial charge in [0.05, 0.1) is 11.7 Å². The Morgan fingerprint density at radius 1 is 1.62 bits per heavy atom. The number of amides is 1. The quantitative estimate of drug-likeness (QED) is 0.782. The predicted molar refractivity (Wildman–Crippen MR) is 52.8 cm³/mol. The Hall–Kier alpha value is -1.56. The van der Waals surface area contributed by atoms with E-state index < -0.39 is 29.3 Å². The van der Waals surface area contributed by atoms with Gasteiger partial charge >= 0.3 is 0 Å². The first kappa shape index (κ1) is 12.5. The second-order valence-electron chi connectivity index (χ2n) is 3.50. The van der Waals surface area contributed by atoms with E-state index in [4.69, 9.17) is 5.11 Å². The van der Waals surface area contributed by atoms with E-state index in [9.17, 15) is 13.6 Å². The van der Waals surface area contributed by atoms with Gasteiger partial charge in [-0.3, -0.25) is 4.79 Å². The Morgan fingerprint density at radius 2 is 2.25 bits per heavy atom. The van der Waals surface area contributed by atoms with Crippen LogP contribution in [0.3, 0.4) is 0 Å². The van der Waals surface area contributed by atoms with Crippen LogP contribution in [-0.2, 0) is 0 Å². The molecule has 0 aliphatic heterocycles. The van der Waals surface area contributed by atoms with E-state index in [0.29, 0.717) is 0 Å². The van der Waals surface area contributed by atoms with Gasteiger partial charge < -0.3 is 10.0 Å². The molecular weight excluding hydrogens is 218 g/mol. The number of hydrogen-bond donors (Lipinski definition) is 1. The largest absolute Gasteiger partial charge is 0.392 e. The lowest BCUT2D eigenvalue weighted by molar-refractivity contribution is 0.0697. The number of hydrogen-bond acceptors (Lipinski definition) is 3. The Kier molecular flexibility index (Phi) is 3.89. The zero-order chi connectivity index (χ0) is 12.3. The monoisotopic (exact) mass is 230 g/mol. The minimum Gasteiger partial charge on any atom is -0.392 e. The molecule has 6 heteroatoms. The predicted octanol–water partition coefficient (Wildman–Crippen LogP) is 0.813. The van der Waals surface area contributed by atoms with E-state index in [2.05, 4.69) is 4.98 Å². The third kappa shape index (κ3) is 2.73. The smallest absolute Gasteiger partial charge is 0.256 e. The summed E-state index contributed by atoms with van der Waals surface area (Å²) in [6.45, 7) is 1.54. The minimum atomic E-state index is -1.31. The zero-order valence-corrected chi connectivity index (χ0v) is 8.94. The lowest BCUT2D eigenvalue weighted by Crippen LogP contribution is -2.33. The normalized spacial score (nSPS) is 12.3. The molecule has 0 fully saturated rings. The standard InChI is InChI=1S/C10H12F2N2O2/c1-6(15)5-14(2)10(16)7-3-4-13-9(12)8(7)11/h3-4,6,15H,5H2,1-2H3. The van der Waals surface area contributed by atoms with Crippen molar-refractivity contribution in [2.45, 2.75) is 13.0 Å². The van der Waals surface area contributed by atoms with Crippen LogP contribution in [0.15, 0.2) is 12.3 Å². The maximum Gasteiger partial charge on any atom is 0.256 e. The maximum absolute atomic E-state index is 13.2. The molecule has 1 aromatic heterocycles. The summed E-state index contributed by atoms with van der Waals surface area (Å²) in [5.41, 5.74) is -0.393. The zero-order valence-electron chi connectivity index (χ0n) is 8.94. The third-order valence-corrected chi connectivity index (χ3v) is 1.96. The first-order valence-electron chi connectivity index (χ1n) is 4.67. The molecule has 1 aromatic rings. The number of pyridine rings is 1. The lowest BCUT2D eigenvalue weighted by Gasteiger charge is -2.18. The van der Waals surface area contributed by atoms with Crippen LogP contribution < -0.4 is 0 Å². The maximum atomic E-state index is 13.2. The Labute approximate surface area is 91.5 Å². The number of rotatable bonds is 3. The summed E-state index contributed by atoms with van der Waals surface area (Å²) in [4.78, 5) is 15.8. The van der Waals surface area contributed by atoms with E-state index in [1.54, 1.807) is 0 Å². The van der Waals surface area contributed by atoms with Crippen LogP contribution in [0.2, 0.25) is 0 Å². The van der Waals surface area contributed by atoms with Crippen LogP contribution in [0.25, 0.3) is 0 Å². The fraction of sp³-hybridized carbons (Fsp3) is 0.400. The van der Waals surface area contributed by atoms with E-state index in [1.807, 2.05) is 0 Å². The summed E-state index contributed by atoms with van der Waals surface area (Å²) in [6.07, 6.45) is 0.283. The van der Waals surface area contributed by atoms with E-state index in [1.165, 1.54) is 14.0 Å². The number of aromatic nitrogens is 1. The highest BCUT2D eigenvalue weighted by atomic mass is 19.2. The Morgan fingerprint density at radius 3 is 2.81 bits per heavy atom. The summed E-state index contributed by atoms with van der Waals surface area (Å²) in [5, 5.41) is 9.07. The van der Waals surface area contributed by atoms with Crippen LogP contribution in [0, 0.1) is 11.8 Å². The first-order chi connectivity index (χ1) is 7.43. The molecule has 0 aliphatic rings. The molecular formula is C10H12F2N2O2. The second-order valence-corrected chi connectivity index (χ2v) is 3.50. The van der Waals surface area contributed by atoms with Gasteiger partial charge in [-0.2, -0.15) is 4.39 Å². The van der Waals surface area contributed by atoms with Crippen LogP contribution in [0.4, 0.5) is 8.78 Å². The Balaban J connectivity index is 2.92.